The number of anilines is 1. The number of ether oxygens (including phenoxy) is 1. The lowest BCUT2D eigenvalue weighted by Gasteiger charge is -2.05. The third kappa shape index (κ3) is 3.67. The van der Waals surface area contributed by atoms with Gasteiger partial charge in [0.2, 0.25) is 0 Å². The van der Waals surface area contributed by atoms with Crippen molar-refractivity contribution >= 4 is 34.9 Å². The van der Waals surface area contributed by atoms with Gasteiger partial charge in [0, 0.05) is 17.3 Å². The van der Waals surface area contributed by atoms with Crippen LogP contribution in [-0.2, 0) is 10.5 Å². The molecule has 0 saturated carbocycles. The molecule has 0 saturated heterocycles. The number of aryl methyl sites for hydroxylation is 1. The van der Waals surface area contributed by atoms with E-state index in [0.717, 1.165) is 10.7 Å². The van der Waals surface area contributed by atoms with E-state index in [1.54, 1.807) is 18.3 Å². The topological polar surface area (TPSA) is 91.0 Å². The minimum absolute atomic E-state index is 0.135. The summed E-state index contributed by atoms with van der Waals surface area (Å²) in [4.78, 5) is 24.1. The van der Waals surface area contributed by atoms with Crippen LogP contribution in [0, 0.1) is 6.92 Å². The lowest BCUT2D eigenvalue weighted by Crippen LogP contribution is -2.10. The number of carbonyl (C=O) groups excluding carboxylic acids is 1. The summed E-state index contributed by atoms with van der Waals surface area (Å²) in [5.74, 6) is 0.301. The molecular weight excluding hydrogens is 296 g/mol. The highest BCUT2D eigenvalue weighted by molar-refractivity contribution is 7.98. The van der Waals surface area contributed by atoms with Gasteiger partial charge in [-0.2, -0.15) is 0 Å². The van der Waals surface area contributed by atoms with Crippen LogP contribution in [0.25, 0.3) is 0 Å². The number of hydrogen-bond acceptors (Lipinski definition) is 8. The van der Waals surface area contributed by atoms with Crippen molar-refractivity contribution in [2.24, 2.45) is 0 Å². The number of carbonyl (C=O) groups is 1. The van der Waals surface area contributed by atoms with E-state index in [4.69, 9.17) is 10.5 Å². The minimum atomic E-state index is -0.503. The van der Waals surface area contributed by atoms with Crippen molar-refractivity contribution in [3.05, 3.63) is 27.8 Å². The lowest BCUT2D eigenvalue weighted by atomic mass is 10.3. The summed E-state index contributed by atoms with van der Waals surface area (Å²) in [5, 5.41) is 3.54. The van der Waals surface area contributed by atoms with E-state index in [9.17, 15) is 4.79 Å². The highest BCUT2D eigenvalue weighted by atomic mass is 32.2. The predicted octanol–water partition coefficient (Wildman–Crippen LogP) is 2.29. The number of esters is 1. The zero-order valence-corrected chi connectivity index (χ0v) is 12.8. The fraction of sp³-hybridized carbons (Fsp3) is 0.333. The molecular formula is C12H14N4O2S2. The van der Waals surface area contributed by atoms with Gasteiger partial charge in [-0.25, -0.2) is 19.7 Å². The quantitative estimate of drug-likeness (QED) is 0.514. The average Bonchev–Trinajstić information content (AvgIpc) is 2.82. The van der Waals surface area contributed by atoms with Gasteiger partial charge in [0.15, 0.2) is 5.16 Å². The van der Waals surface area contributed by atoms with Gasteiger partial charge in [0.25, 0.3) is 0 Å². The first-order chi connectivity index (χ1) is 9.60. The maximum Gasteiger partial charge on any atom is 0.343 e. The molecule has 0 unspecified atom stereocenters. The summed E-state index contributed by atoms with van der Waals surface area (Å²) in [6.45, 7) is 3.98. The molecule has 106 valence electrons. The van der Waals surface area contributed by atoms with Gasteiger partial charge in [-0.05, 0) is 13.8 Å². The molecule has 2 rings (SSSR count). The van der Waals surface area contributed by atoms with Gasteiger partial charge in [-0.15, -0.1) is 11.3 Å². The Bertz CT molecular complexity index is 615. The molecule has 0 radical (unpaired) electrons. The molecule has 0 fully saturated rings. The number of thiazole rings is 1. The number of nitrogen functional groups attached to an aromatic ring is 1. The van der Waals surface area contributed by atoms with Crippen LogP contribution in [0.3, 0.4) is 0 Å². The van der Waals surface area contributed by atoms with Gasteiger partial charge in [-0.1, -0.05) is 11.8 Å². The van der Waals surface area contributed by atoms with Crippen LogP contribution < -0.4 is 5.73 Å². The molecule has 0 spiro atoms. The summed E-state index contributed by atoms with van der Waals surface area (Å²) in [6, 6.07) is 0. The van der Waals surface area contributed by atoms with Gasteiger partial charge in [0.1, 0.15) is 11.4 Å². The monoisotopic (exact) mass is 310 g/mol. The minimum Gasteiger partial charge on any atom is -0.462 e. The van der Waals surface area contributed by atoms with Crippen molar-refractivity contribution in [1.29, 1.82) is 0 Å². The molecule has 2 aromatic rings. The molecule has 0 aliphatic carbocycles. The Morgan fingerprint density at radius 3 is 2.90 bits per heavy atom. The zero-order valence-electron chi connectivity index (χ0n) is 11.1. The highest BCUT2D eigenvalue weighted by Crippen LogP contribution is 2.22. The fourth-order valence-corrected chi connectivity index (χ4v) is 2.86. The van der Waals surface area contributed by atoms with Crippen LogP contribution in [0.1, 0.15) is 28.0 Å². The number of thioether (sulfide) groups is 1. The Labute approximate surface area is 124 Å². The van der Waals surface area contributed by atoms with E-state index in [2.05, 4.69) is 15.0 Å². The van der Waals surface area contributed by atoms with E-state index >= 15 is 0 Å². The molecule has 0 aromatic carbocycles. The largest absolute Gasteiger partial charge is 0.462 e. The second-order valence-corrected chi connectivity index (χ2v) is 5.82. The summed E-state index contributed by atoms with van der Waals surface area (Å²) < 4.78 is 4.87. The third-order valence-corrected chi connectivity index (χ3v) is 4.02. The van der Waals surface area contributed by atoms with E-state index in [1.807, 2.05) is 12.3 Å². The van der Waals surface area contributed by atoms with Gasteiger partial charge >= 0.3 is 5.97 Å². The Kier molecular flexibility index (Phi) is 4.91. The van der Waals surface area contributed by atoms with Crippen molar-refractivity contribution in [1.82, 2.24) is 15.0 Å². The Morgan fingerprint density at radius 2 is 2.30 bits per heavy atom. The first kappa shape index (κ1) is 14.7. The van der Waals surface area contributed by atoms with Crippen molar-refractivity contribution in [2.45, 2.75) is 24.8 Å². The molecule has 8 heteroatoms. The van der Waals surface area contributed by atoms with E-state index in [1.165, 1.54) is 18.0 Å². The number of hydrogen-bond donors (Lipinski definition) is 1. The van der Waals surface area contributed by atoms with Crippen LogP contribution in [0.2, 0.25) is 0 Å². The number of nitrogens with two attached hydrogens (primary N) is 1. The van der Waals surface area contributed by atoms with Crippen molar-refractivity contribution in [2.75, 3.05) is 12.3 Å². The first-order valence-corrected chi connectivity index (χ1v) is 7.80. The summed E-state index contributed by atoms with van der Waals surface area (Å²) in [5.41, 5.74) is 6.92. The smallest absolute Gasteiger partial charge is 0.343 e. The standard InChI is InChI=1S/C12H14N4O2S2/c1-3-18-11(17)9-4-14-12(16-10(9)13)20-6-8-5-19-7(2)15-8/h4-5H,3,6H2,1-2H3,(H2,13,14,16). The summed E-state index contributed by atoms with van der Waals surface area (Å²) in [6.07, 6.45) is 1.40. The molecule has 2 aromatic heterocycles. The summed E-state index contributed by atoms with van der Waals surface area (Å²) >= 11 is 3.03. The zero-order chi connectivity index (χ0) is 14.5. The Hall–Kier alpha value is -1.67. The molecule has 0 bridgehead atoms. The number of rotatable bonds is 5. The molecule has 6 nitrogen and oxygen atoms in total. The maximum atomic E-state index is 11.6. The van der Waals surface area contributed by atoms with Gasteiger partial charge in [0.05, 0.1) is 17.3 Å². The van der Waals surface area contributed by atoms with Gasteiger partial charge in [-0.3, -0.25) is 0 Å². The lowest BCUT2D eigenvalue weighted by molar-refractivity contribution is 0.0526. The third-order valence-electron chi connectivity index (χ3n) is 2.31. The molecule has 0 amide bonds. The SMILES string of the molecule is CCOC(=O)c1cnc(SCc2csc(C)n2)nc1N. The van der Waals surface area contributed by atoms with Crippen LogP contribution in [0.5, 0.6) is 0 Å². The molecule has 2 heterocycles. The molecule has 2 N–H and O–H groups in total. The first-order valence-electron chi connectivity index (χ1n) is 5.93. The highest BCUT2D eigenvalue weighted by Gasteiger charge is 2.13. The van der Waals surface area contributed by atoms with Crippen LogP contribution in [-0.4, -0.2) is 27.5 Å². The number of aromatic nitrogens is 3. The maximum absolute atomic E-state index is 11.6. The van der Waals surface area contributed by atoms with Crippen LogP contribution in [0.15, 0.2) is 16.7 Å². The predicted molar refractivity (Wildman–Crippen MR) is 78.8 cm³/mol. The normalized spacial score (nSPS) is 10.5. The molecule has 0 aliphatic rings. The fourth-order valence-electron chi connectivity index (χ4n) is 1.43. The summed E-state index contributed by atoms with van der Waals surface area (Å²) in [7, 11) is 0. The number of nitrogens with zero attached hydrogens (tertiary/aromatic N) is 3. The van der Waals surface area contributed by atoms with Crippen LogP contribution >= 0.6 is 23.1 Å². The molecule has 0 atom stereocenters. The van der Waals surface area contributed by atoms with E-state index in [0.29, 0.717) is 10.9 Å². The second kappa shape index (κ2) is 6.67. The molecule has 0 aliphatic heterocycles. The Balaban J connectivity index is 2.03. The Morgan fingerprint density at radius 1 is 1.50 bits per heavy atom. The van der Waals surface area contributed by atoms with E-state index < -0.39 is 5.97 Å². The van der Waals surface area contributed by atoms with E-state index in [-0.39, 0.29) is 18.0 Å². The van der Waals surface area contributed by atoms with Crippen molar-refractivity contribution in [3.63, 3.8) is 0 Å². The van der Waals surface area contributed by atoms with Gasteiger partial charge < -0.3 is 10.5 Å². The van der Waals surface area contributed by atoms with Crippen LogP contribution in [0.4, 0.5) is 5.82 Å². The molecule has 20 heavy (non-hydrogen) atoms. The van der Waals surface area contributed by atoms with Crippen molar-refractivity contribution < 1.29 is 9.53 Å². The average molecular weight is 310 g/mol. The van der Waals surface area contributed by atoms with Crippen molar-refractivity contribution in [3.8, 4) is 0 Å². The second-order valence-electron chi connectivity index (χ2n) is 3.82.